The molecule has 3 nitrogen and oxygen atoms in total. The van der Waals surface area contributed by atoms with Gasteiger partial charge in [-0.15, -0.1) is 0 Å². The number of hydrogen-bond acceptors (Lipinski definition) is 2. The second-order valence-corrected chi connectivity index (χ2v) is 4.84. The van der Waals surface area contributed by atoms with Gasteiger partial charge in [-0.25, -0.2) is 4.39 Å². The van der Waals surface area contributed by atoms with E-state index in [1.807, 2.05) is 31.2 Å². The Kier molecular flexibility index (Phi) is 4.93. The Hall–Kier alpha value is -2.36. The van der Waals surface area contributed by atoms with Crippen molar-refractivity contribution in [2.24, 2.45) is 0 Å². The van der Waals surface area contributed by atoms with Crippen LogP contribution in [0.2, 0.25) is 0 Å². The molecule has 21 heavy (non-hydrogen) atoms. The Morgan fingerprint density at radius 3 is 2.57 bits per heavy atom. The minimum Gasteiger partial charge on any atom is -0.486 e. The van der Waals surface area contributed by atoms with Crippen LogP contribution in [0.25, 0.3) is 0 Å². The molecule has 2 rings (SSSR count). The van der Waals surface area contributed by atoms with Crippen molar-refractivity contribution in [3.63, 3.8) is 0 Å². The molecule has 0 spiro atoms. The Bertz CT molecular complexity index is 640. The highest BCUT2D eigenvalue weighted by atomic mass is 19.1. The largest absolute Gasteiger partial charge is 0.486 e. The number of rotatable bonds is 5. The van der Waals surface area contributed by atoms with Gasteiger partial charge in [-0.1, -0.05) is 30.3 Å². The number of benzene rings is 2. The predicted octanol–water partition coefficient (Wildman–Crippen LogP) is 3.00. The van der Waals surface area contributed by atoms with Crippen molar-refractivity contribution in [2.75, 3.05) is 7.05 Å². The topological polar surface area (TPSA) is 38.3 Å². The van der Waals surface area contributed by atoms with Gasteiger partial charge >= 0.3 is 0 Å². The maximum atomic E-state index is 13.7. The lowest BCUT2D eigenvalue weighted by atomic mass is 10.0. The number of carbonyl (C=O) groups is 1. The van der Waals surface area contributed by atoms with Crippen LogP contribution in [-0.4, -0.2) is 13.0 Å². The highest BCUT2D eigenvalue weighted by molar-refractivity contribution is 5.78. The average Bonchev–Trinajstić information content (AvgIpc) is 2.47. The molecule has 110 valence electrons. The SMILES string of the molecule is CNC(=O)Cc1ccccc1COc1ccc(C)cc1F. The van der Waals surface area contributed by atoms with E-state index in [-0.39, 0.29) is 30.5 Å². The maximum absolute atomic E-state index is 13.7. The first kappa shape index (κ1) is 15.0. The molecule has 0 heterocycles. The number of ether oxygens (including phenoxy) is 1. The lowest BCUT2D eigenvalue weighted by molar-refractivity contribution is -0.119. The smallest absolute Gasteiger partial charge is 0.224 e. The van der Waals surface area contributed by atoms with Gasteiger partial charge < -0.3 is 10.1 Å². The van der Waals surface area contributed by atoms with Gasteiger partial charge in [-0.2, -0.15) is 0 Å². The summed E-state index contributed by atoms with van der Waals surface area (Å²) in [5.74, 6) is -0.224. The minimum absolute atomic E-state index is 0.0658. The summed E-state index contributed by atoms with van der Waals surface area (Å²) in [5.41, 5.74) is 2.60. The number of hydrogen-bond donors (Lipinski definition) is 1. The van der Waals surface area contributed by atoms with Crippen LogP contribution in [0, 0.1) is 12.7 Å². The second kappa shape index (κ2) is 6.88. The minimum atomic E-state index is -0.376. The van der Waals surface area contributed by atoms with E-state index in [1.54, 1.807) is 19.2 Å². The molecule has 0 aliphatic carbocycles. The molecule has 0 aromatic heterocycles. The van der Waals surface area contributed by atoms with Crippen molar-refractivity contribution in [1.29, 1.82) is 0 Å². The zero-order chi connectivity index (χ0) is 15.2. The average molecular weight is 287 g/mol. The first-order chi connectivity index (χ1) is 10.1. The van der Waals surface area contributed by atoms with Crippen molar-refractivity contribution in [2.45, 2.75) is 20.0 Å². The summed E-state index contributed by atoms with van der Waals surface area (Å²) in [4.78, 5) is 11.5. The molecule has 2 aromatic carbocycles. The maximum Gasteiger partial charge on any atom is 0.224 e. The van der Waals surface area contributed by atoms with Gasteiger partial charge in [0.05, 0.1) is 6.42 Å². The monoisotopic (exact) mass is 287 g/mol. The van der Waals surface area contributed by atoms with Crippen LogP contribution in [0.15, 0.2) is 42.5 Å². The summed E-state index contributed by atoms with van der Waals surface area (Å²) in [6.45, 7) is 2.05. The third kappa shape index (κ3) is 4.05. The molecule has 0 saturated carbocycles. The summed E-state index contributed by atoms with van der Waals surface area (Å²) in [5, 5.41) is 2.59. The van der Waals surface area contributed by atoms with Gasteiger partial charge in [-0.05, 0) is 35.7 Å². The van der Waals surface area contributed by atoms with Crippen LogP contribution < -0.4 is 10.1 Å². The molecule has 1 N–H and O–H groups in total. The van der Waals surface area contributed by atoms with E-state index in [4.69, 9.17) is 4.74 Å². The first-order valence-electron chi connectivity index (χ1n) is 6.76. The molecule has 0 fully saturated rings. The van der Waals surface area contributed by atoms with E-state index in [1.165, 1.54) is 6.07 Å². The second-order valence-electron chi connectivity index (χ2n) is 4.84. The standard InChI is InChI=1S/C17H18FNO2/c1-12-7-8-16(15(18)9-12)21-11-14-6-4-3-5-13(14)10-17(20)19-2/h3-9H,10-11H2,1-2H3,(H,19,20). The number of nitrogens with one attached hydrogen (secondary N) is 1. The van der Waals surface area contributed by atoms with Crippen LogP contribution in [-0.2, 0) is 17.8 Å². The van der Waals surface area contributed by atoms with E-state index in [0.717, 1.165) is 16.7 Å². The molecule has 0 saturated heterocycles. The molecular weight excluding hydrogens is 269 g/mol. The van der Waals surface area contributed by atoms with Gasteiger partial charge in [0.15, 0.2) is 11.6 Å². The highest BCUT2D eigenvalue weighted by Gasteiger charge is 2.08. The van der Waals surface area contributed by atoms with Crippen LogP contribution >= 0.6 is 0 Å². The van der Waals surface area contributed by atoms with Crippen LogP contribution in [0.5, 0.6) is 5.75 Å². The first-order valence-corrected chi connectivity index (χ1v) is 6.76. The molecule has 2 aromatic rings. The molecule has 0 radical (unpaired) electrons. The summed E-state index contributed by atoms with van der Waals surface area (Å²) in [6, 6.07) is 12.3. The molecule has 0 bridgehead atoms. The molecule has 4 heteroatoms. The Morgan fingerprint density at radius 1 is 1.19 bits per heavy atom. The van der Waals surface area contributed by atoms with Crippen molar-refractivity contribution in [3.05, 3.63) is 65.0 Å². The van der Waals surface area contributed by atoms with Crippen molar-refractivity contribution >= 4 is 5.91 Å². The fourth-order valence-electron chi connectivity index (χ4n) is 2.01. The number of likely N-dealkylation sites (N-methyl/N-ethyl adjacent to an activating group) is 1. The van der Waals surface area contributed by atoms with E-state index >= 15 is 0 Å². The number of carbonyl (C=O) groups excluding carboxylic acids is 1. The molecule has 0 aliphatic heterocycles. The zero-order valence-electron chi connectivity index (χ0n) is 12.2. The third-order valence-corrected chi connectivity index (χ3v) is 3.22. The number of halogens is 1. The van der Waals surface area contributed by atoms with Crippen molar-refractivity contribution in [3.8, 4) is 5.75 Å². The fraction of sp³-hybridized carbons (Fsp3) is 0.235. The van der Waals surface area contributed by atoms with Gasteiger partial charge in [0.2, 0.25) is 5.91 Å². The quantitative estimate of drug-likeness (QED) is 0.918. The summed E-state index contributed by atoms with van der Waals surface area (Å²) in [7, 11) is 1.60. The Morgan fingerprint density at radius 2 is 1.90 bits per heavy atom. The van der Waals surface area contributed by atoms with E-state index in [0.29, 0.717) is 0 Å². The van der Waals surface area contributed by atoms with Gasteiger partial charge in [0, 0.05) is 7.05 Å². The lowest BCUT2D eigenvalue weighted by Gasteiger charge is -2.11. The van der Waals surface area contributed by atoms with Crippen molar-refractivity contribution in [1.82, 2.24) is 5.32 Å². The predicted molar refractivity (Wildman–Crippen MR) is 79.7 cm³/mol. The fourth-order valence-corrected chi connectivity index (χ4v) is 2.01. The summed E-state index contributed by atoms with van der Waals surface area (Å²) < 4.78 is 19.3. The van der Waals surface area contributed by atoms with E-state index < -0.39 is 0 Å². The van der Waals surface area contributed by atoms with E-state index in [9.17, 15) is 9.18 Å². The number of amides is 1. The third-order valence-electron chi connectivity index (χ3n) is 3.22. The van der Waals surface area contributed by atoms with E-state index in [2.05, 4.69) is 5.32 Å². The normalized spacial score (nSPS) is 10.2. The van der Waals surface area contributed by atoms with Crippen molar-refractivity contribution < 1.29 is 13.9 Å². The molecule has 0 unspecified atom stereocenters. The molecule has 0 aliphatic rings. The molecule has 0 atom stereocenters. The van der Waals surface area contributed by atoms with Crippen LogP contribution in [0.4, 0.5) is 4.39 Å². The molecule has 1 amide bonds. The summed E-state index contributed by atoms with van der Waals surface area (Å²) in [6.07, 6.45) is 0.284. The van der Waals surface area contributed by atoms with Crippen LogP contribution in [0.1, 0.15) is 16.7 Å². The van der Waals surface area contributed by atoms with Crippen LogP contribution in [0.3, 0.4) is 0 Å². The Labute approximate surface area is 123 Å². The van der Waals surface area contributed by atoms with Gasteiger partial charge in [0.25, 0.3) is 0 Å². The van der Waals surface area contributed by atoms with Gasteiger partial charge in [-0.3, -0.25) is 4.79 Å². The number of aryl methyl sites for hydroxylation is 1. The summed E-state index contributed by atoms with van der Waals surface area (Å²) >= 11 is 0. The van der Waals surface area contributed by atoms with Gasteiger partial charge in [0.1, 0.15) is 6.61 Å². The highest BCUT2D eigenvalue weighted by Crippen LogP contribution is 2.20. The Balaban J connectivity index is 2.11. The molecular formula is C17H18FNO2. The zero-order valence-corrected chi connectivity index (χ0v) is 12.2. The lowest BCUT2D eigenvalue weighted by Crippen LogP contribution is -2.20.